The van der Waals surface area contributed by atoms with Gasteiger partial charge in [-0.25, -0.2) is 0 Å². The summed E-state index contributed by atoms with van der Waals surface area (Å²) in [6.45, 7) is 6.55. The number of unbranched alkanes of at least 4 members (excludes halogenated alkanes) is 26. The van der Waals surface area contributed by atoms with Gasteiger partial charge in [0.25, 0.3) is 0 Å². The zero-order chi connectivity index (χ0) is 38.7. The Balaban J connectivity index is 4.28. The van der Waals surface area contributed by atoms with Crippen LogP contribution in [0.3, 0.4) is 0 Å². The normalized spacial score (nSPS) is 12.1. The summed E-state index contributed by atoms with van der Waals surface area (Å²) in [5.41, 5.74) is 0. The third kappa shape index (κ3) is 40.9. The molecule has 0 saturated carbocycles. The van der Waals surface area contributed by atoms with Crippen molar-refractivity contribution in [3.63, 3.8) is 0 Å². The van der Waals surface area contributed by atoms with Crippen LogP contribution >= 0.6 is 0 Å². The van der Waals surface area contributed by atoms with Crippen LogP contribution in [0, 0.1) is 0 Å². The highest BCUT2D eigenvalue weighted by atomic mass is 16.6. The zero-order valence-electron chi connectivity index (χ0n) is 35.3. The van der Waals surface area contributed by atoms with E-state index < -0.39 is 6.10 Å². The van der Waals surface area contributed by atoms with Crippen molar-refractivity contribution in [2.24, 2.45) is 0 Å². The van der Waals surface area contributed by atoms with E-state index in [2.05, 4.69) is 45.1 Å². The number of carbonyl (C=O) groups is 3. The summed E-state index contributed by atoms with van der Waals surface area (Å²) >= 11 is 0. The Hall–Kier alpha value is -2.11. The quantitative estimate of drug-likeness (QED) is 0.0268. The lowest BCUT2D eigenvalue weighted by atomic mass is 10.1. The average Bonchev–Trinajstić information content (AvgIpc) is 3.15. The van der Waals surface area contributed by atoms with Gasteiger partial charge in [-0.3, -0.25) is 14.4 Å². The number of esters is 3. The molecule has 0 aliphatic carbocycles. The number of rotatable bonds is 41. The van der Waals surface area contributed by atoms with Crippen molar-refractivity contribution in [2.75, 3.05) is 13.2 Å². The highest BCUT2D eigenvalue weighted by molar-refractivity contribution is 5.71. The fourth-order valence-corrected chi connectivity index (χ4v) is 6.43. The molecule has 6 nitrogen and oxygen atoms in total. The Kier molecular flexibility index (Phi) is 40.9. The van der Waals surface area contributed by atoms with Crippen LogP contribution in [0.5, 0.6) is 0 Å². The first-order valence-electron chi connectivity index (χ1n) is 22.8. The van der Waals surface area contributed by atoms with Gasteiger partial charge in [-0.15, -0.1) is 0 Å². The SMILES string of the molecule is CCCCCCC/C=C\CCCCCCCC(=O)OC(COC(=O)CCCCCCCC)COC(=O)CCCCCCC/C=C\CCCCCCCC. The molecule has 6 heteroatoms. The van der Waals surface area contributed by atoms with Crippen LogP contribution in [0.1, 0.15) is 239 Å². The van der Waals surface area contributed by atoms with Crippen molar-refractivity contribution in [1.82, 2.24) is 0 Å². The summed E-state index contributed by atoms with van der Waals surface area (Å²) < 4.78 is 16.6. The van der Waals surface area contributed by atoms with Crippen LogP contribution in [0.4, 0.5) is 0 Å². The summed E-state index contributed by atoms with van der Waals surface area (Å²) in [6, 6.07) is 0. The van der Waals surface area contributed by atoms with E-state index in [-0.39, 0.29) is 31.1 Å². The van der Waals surface area contributed by atoms with E-state index in [4.69, 9.17) is 14.2 Å². The maximum atomic E-state index is 12.7. The summed E-state index contributed by atoms with van der Waals surface area (Å²) in [6.07, 6.45) is 46.0. The Morgan fingerprint density at radius 1 is 0.358 bits per heavy atom. The number of hydrogen-bond acceptors (Lipinski definition) is 6. The molecule has 0 spiro atoms. The summed E-state index contributed by atoms with van der Waals surface area (Å²) in [4.78, 5) is 37.5. The van der Waals surface area contributed by atoms with Crippen LogP contribution < -0.4 is 0 Å². The summed E-state index contributed by atoms with van der Waals surface area (Å²) in [5.74, 6) is -0.899. The molecular weight excluding hydrogens is 661 g/mol. The number of ether oxygens (including phenoxy) is 3. The Morgan fingerprint density at radius 3 is 0.943 bits per heavy atom. The Labute approximate surface area is 328 Å². The van der Waals surface area contributed by atoms with Gasteiger partial charge >= 0.3 is 17.9 Å². The number of hydrogen-bond donors (Lipinski definition) is 0. The van der Waals surface area contributed by atoms with E-state index in [0.717, 1.165) is 70.6 Å². The summed E-state index contributed by atoms with van der Waals surface area (Å²) in [7, 11) is 0. The Bertz CT molecular complexity index is 865. The molecule has 0 amide bonds. The first-order valence-corrected chi connectivity index (χ1v) is 22.8. The van der Waals surface area contributed by atoms with Gasteiger partial charge in [0, 0.05) is 19.3 Å². The number of carbonyl (C=O) groups excluding carboxylic acids is 3. The highest BCUT2D eigenvalue weighted by Crippen LogP contribution is 2.13. The van der Waals surface area contributed by atoms with Crippen molar-refractivity contribution in [3.05, 3.63) is 24.3 Å². The molecule has 0 aromatic carbocycles. The van der Waals surface area contributed by atoms with E-state index in [1.165, 1.54) is 128 Å². The van der Waals surface area contributed by atoms with E-state index in [1.54, 1.807) is 0 Å². The molecule has 0 aromatic rings. The molecule has 0 N–H and O–H groups in total. The van der Waals surface area contributed by atoms with E-state index in [1.807, 2.05) is 0 Å². The molecule has 0 heterocycles. The van der Waals surface area contributed by atoms with Crippen LogP contribution in [0.2, 0.25) is 0 Å². The van der Waals surface area contributed by atoms with Gasteiger partial charge < -0.3 is 14.2 Å². The van der Waals surface area contributed by atoms with Crippen LogP contribution in [-0.2, 0) is 28.6 Å². The minimum absolute atomic E-state index is 0.0760. The smallest absolute Gasteiger partial charge is 0.306 e. The third-order valence-electron chi connectivity index (χ3n) is 9.93. The molecule has 310 valence electrons. The van der Waals surface area contributed by atoms with Crippen molar-refractivity contribution in [1.29, 1.82) is 0 Å². The largest absolute Gasteiger partial charge is 0.462 e. The van der Waals surface area contributed by atoms with Crippen molar-refractivity contribution in [2.45, 2.75) is 245 Å². The van der Waals surface area contributed by atoms with Crippen molar-refractivity contribution >= 4 is 17.9 Å². The maximum Gasteiger partial charge on any atom is 0.306 e. The molecule has 0 rings (SSSR count). The molecule has 0 bridgehead atoms. The number of allylic oxidation sites excluding steroid dienone is 4. The predicted octanol–water partition coefficient (Wildman–Crippen LogP) is 14.4. The van der Waals surface area contributed by atoms with Crippen LogP contribution in [0.15, 0.2) is 24.3 Å². The maximum absolute atomic E-state index is 12.7. The van der Waals surface area contributed by atoms with Crippen molar-refractivity contribution in [3.8, 4) is 0 Å². The highest BCUT2D eigenvalue weighted by Gasteiger charge is 2.19. The minimum atomic E-state index is -0.771. The first kappa shape index (κ1) is 50.9. The van der Waals surface area contributed by atoms with Gasteiger partial charge in [-0.1, -0.05) is 173 Å². The second-order valence-electron chi connectivity index (χ2n) is 15.3. The second kappa shape index (κ2) is 42.6. The minimum Gasteiger partial charge on any atom is -0.462 e. The average molecular weight is 747 g/mol. The monoisotopic (exact) mass is 747 g/mol. The molecule has 0 radical (unpaired) electrons. The van der Waals surface area contributed by atoms with Gasteiger partial charge in [0.05, 0.1) is 0 Å². The fraction of sp³-hybridized carbons (Fsp3) is 0.851. The lowest BCUT2D eigenvalue weighted by Crippen LogP contribution is -2.30. The van der Waals surface area contributed by atoms with E-state index in [9.17, 15) is 14.4 Å². The van der Waals surface area contributed by atoms with E-state index in [0.29, 0.717) is 19.3 Å². The topological polar surface area (TPSA) is 78.9 Å². The zero-order valence-corrected chi connectivity index (χ0v) is 35.3. The third-order valence-corrected chi connectivity index (χ3v) is 9.93. The summed E-state index contributed by atoms with van der Waals surface area (Å²) in [5, 5.41) is 0. The van der Waals surface area contributed by atoms with Gasteiger partial charge in [-0.2, -0.15) is 0 Å². The van der Waals surface area contributed by atoms with Crippen molar-refractivity contribution < 1.29 is 28.6 Å². The lowest BCUT2D eigenvalue weighted by Gasteiger charge is -2.18. The molecular formula is C47H86O6. The van der Waals surface area contributed by atoms with Gasteiger partial charge in [0.2, 0.25) is 0 Å². The van der Waals surface area contributed by atoms with Gasteiger partial charge in [0.15, 0.2) is 6.10 Å². The molecule has 1 atom stereocenters. The predicted molar refractivity (Wildman–Crippen MR) is 224 cm³/mol. The second-order valence-corrected chi connectivity index (χ2v) is 15.3. The fourth-order valence-electron chi connectivity index (χ4n) is 6.43. The molecule has 0 aliphatic heterocycles. The first-order chi connectivity index (χ1) is 26.0. The van der Waals surface area contributed by atoms with Gasteiger partial charge in [0.1, 0.15) is 13.2 Å². The van der Waals surface area contributed by atoms with Gasteiger partial charge in [-0.05, 0) is 70.6 Å². The molecule has 0 aliphatic rings. The molecule has 0 fully saturated rings. The van der Waals surface area contributed by atoms with Crippen LogP contribution in [-0.4, -0.2) is 37.2 Å². The molecule has 0 aromatic heterocycles. The Morgan fingerprint density at radius 2 is 0.623 bits per heavy atom. The lowest BCUT2D eigenvalue weighted by molar-refractivity contribution is -0.167. The molecule has 1 unspecified atom stereocenters. The standard InChI is InChI=1S/C47H86O6/c1-4-7-10-13-16-18-20-22-24-26-27-29-31-34-37-40-46(49)52-43-44(42-51-45(48)39-36-33-15-12-9-6-3)53-47(50)41-38-35-32-30-28-25-23-21-19-17-14-11-8-5-2/h21-24,44H,4-20,25-43H2,1-3H3/b23-21-,24-22-. The van der Waals surface area contributed by atoms with Crippen LogP contribution in [0.25, 0.3) is 0 Å². The molecule has 0 saturated heterocycles. The van der Waals surface area contributed by atoms with E-state index >= 15 is 0 Å². The molecule has 53 heavy (non-hydrogen) atoms.